The van der Waals surface area contributed by atoms with Gasteiger partial charge in [-0.05, 0) is 86.1 Å². The van der Waals surface area contributed by atoms with Crippen molar-refractivity contribution in [2.45, 2.75) is 95.4 Å². The van der Waals surface area contributed by atoms with E-state index in [4.69, 9.17) is 4.98 Å². The molecule has 43 heavy (non-hydrogen) atoms. The summed E-state index contributed by atoms with van der Waals surface area (Å²) in [7, 11) is 0. The van der Waals surface area contributed by atoms with Crippen molar-refractivity contribution >= 4 is 56.5 Å². The number of unbranched alkanes of at least 4 members (excludes halogenated alkanes) is 3. The van der Waals surface area contributed by atoms with Crippen LogP contribution in [-0.4, -0.2) is 39.4 Å². The number of Topliss-reactive ketones (excluding diaryl/α,β-unsaturated/α-hetero) is 1. The van der Waals surface area contributed by atoms with E-state index in [-0.39, 0.29) is 40.1 Å². The number of rotatable bonds is 10. The van der Waals surface area contributed by atoms with E-state index in [1.807, 2.05) is 24.3 Å². The molecule has 4 aliphatic rings. The molecule has 7 atom stereocenters. The third kappa shape index (κ3) is 5.80. The molecule has 0 spiro atoms. The lowest BCUT2D eigenvalue weighted by Gasteiger charge is -2.58. The number of hydrogen-bond donors (Lipinski definition) is 2. The van der Waals surface area contributed by atoms with E-state index >= 15 is 0 Å². The number of amides is 1. The van der Waals surface area contributed by atoms with Gasteiger partial charge in [0.25, 0.3) is 0 Å². The molecule has 2 aromatic rings. The Kier molecular flexibility index (Phi) is 8.75. The number of nitrogens with zero attached hydrogens (tertiary/aromatic N) is 1. The Morgan fingerprint density at radius 1 is 1.16 bits per heavy atom. The van der Waals surface area contributed by atoms with Gasteiger partial charge in [0.1, 0.15) is 5.78 Å². The molecule has 2 N–H and O–H groups in total. The maximum Gasteiger partial charge on any atom is 0.224 e. The molecule has 8 heteroatoms. The van der Waals surface area contributed by atoms with E-state index in [2.05, 4.69) is 26.1 Å². The van der Waals surface area contributed by atoms with E-state index in [0.717, 1.165) is 71.6 Å². The van der Waals surface area contributed by atoms with Crippen LogP contribution in [0.3, 0.4) is 0 Å². The Morgan fingerprint density at radius 2 is 2.00 bits per heavy atom. The highest BCUT2D eigenvalue weighted by Crippen LogP contribution is 2.66. The van der Waals surface area contributed by atoms with Crippen LogP contribution in [0.25, 0.3) is 10.2 Å². The molecule has 4 aliphatic carbocycles. The predicted octanol–water partition coefficient (Wildman–Crippen LogP) is 7.76. The molecule has 1 aromatic carbocycles. The van der Waals surface area contributed by atoms with Crippen LogP contribution in [-0.2, 0) is 14.4 Å². The molecule has 6 unspecified atom stereocenters. The number of hydrogen-bond acceptors (Lipinski definition) is 7. The molecule has 0 radical (unpaired) electrons. The zero-order valence-corrected chi connectivity index (χ0v) is 27.2. The second kappa shape index (κ2) is 12.2. The van der Waals surface area contributed by atoms with Gasteiger partial charge >= 0.3 is 0 Å². The fourth-order valence-electron chi connectivity index (χ4n) is 9.07. The number of fused-ring (bicyclic) bond motifs is 6. The molecular formula is C35H44N2O4S2. The fourth-order valence-corrected chi connectivity index (χ4v) is 11.1. The highest BCUT2D eigenvalue weighted by atomic mass is 32.2. The summed E-state index contributed by atoms with van der Waals surface area (Å²) in [5.41, 5.74) is 2.35. The summed E-state index contributed by atoms with van der Waals surface area (Å²) in [6, 6.07) is 5.82. The monoisotopic (exact) mass is 620 g/mol. The van der Waals surface area contributed by atoms with Crippen molar-refractivity contribution in [2.75, 3.05) is 11.1 Å². The molecule has 1 aromatic heterocycles. The number of thiazole rings is 1. The Balaban J connectivity index is 1.09. The minimum absolute atomic E-state index is 0.0484. The quantitative estimate of drug-likeness (QED) is 0.208. The van der Waals surface area contributed by atoms with Gasteiger partial charge in [-0.1, -0.05) is 63.4 Å². The van der Waals surface area contributed by atoms with Crippen LogP contribution in [0.4, 0.5) is 5.69 Å². The van der Waals surface area contributed by atoms with Gasteiger partial charge in [-0.15, -0.1) is 11.3 Å². The molecule has 1 heterocycles. The minimum Gasteiger partial charge on any atom is -0.393 e. The number of thioether (sulfide) groups is 1. The van der Waals surface area contributed by atoms with Gasteiger partial charge in [0.15, 0.2) is 10.1 Å². The summed E-state index contributed by atoms with van der Waals surface area (Å²) < 4.78 is 1.87. The average molecular weight is 621 g/mol. The number of aliphatic hydroxyl groups is 1. The topological polar surface area (TPSA) is 96.4 Å². The van der Waals surface area contributed by atoms with Gasteiger partial charge in [-0.25, -0.2) is 4.98 Å². The summed E-state index contributed by atoms with van der Waals surface area (Å²) in [6.07, 6.45) is 14.3. The average Bonchev–Trinajstić information content (AvgIpc) is 3.54. The van der Waals surface area contributed by atoms with E-state index in [1.54, 1.807) is 23.5 Å². The smallest absolute Gasteiger partial charge is 0.224 e. The lowest BCUT2D eigenvalue weighted by atomic mass is 9.46. The molecule has 3 saturated carbocycles. The maximum atomic E-state index is 13.8. The van der Waals surface area contributed by atoms with Gasteiger partial charge in [0, 0.05) is 29.4 Å². The Hall–Kier alpha value is -2.29. The van der Waals surface area contributed by atoms with Gasteiger partial charge < -0.3 is 10.4 Å². The number of carbonyl (C=O) groups excluding carboxylic acids is 3. The summed E-state index contributed by atoms with van der Waals surface area (Å²) in [5.74, 6) is 1.56. The SMILES string of the molecule is CCCCCCC(=O)Nc1ccc2nc(SCC(=O)C3CCC4C5CCC6=CC(=O)C=CC6(C)C5[C@@H](O)CC34C)sc2c1. The molecule has 230 valence electrons. The zero-order valence-electron chi connectivity index (χ0n) is 25.6. The molecular weight excluding hydrogens is 577 g/mol. The molecule has 6 rings (SSSR count). The molecule has 6 nitrogen and oxygen atoms in total. The largest absolute Gasteiger partial charge is 0.393 e. The predicted molar refractivity (Wildman–Crippen MR) is 174 cm³/mol. The van der Waals surface area contributed by atoms with Gasteiger partial charge in [0.2, 0.25) is 5.91 Å². The zero-order chi connectivity index (χ0) is 30.4. The van der Waals surface area contributed by atoms with Crippen LogP contribution in [0.15, 0.2) is 46.3 Å². The summed E-state index contributed by atoms with van der Waals surface area (Å²) in [6.45, 7) is 6.61. The fraction of sp³-hybridized carbons (Fsp3) is 0.600. The van der Waals surface area contributed by atoms with Crippen molar-refractivity contribution in [2.24, 2.45) is 34.5 Å². The summed E-state index contributed by atoms with van der Waals surface area (Å²) >= 11 is 3.08. The molecule has 1 amide bonds. The van der Waals surface area contributed by atoms with Crippen molar-refractivity contribution in [1.82, 2.24) is 4.98 Å². The van der Waals surface area contributed by atoms with Crippen molar-refractivity contribution < 1.29 is 19.5 Å². The van der Waals surface area contributed by atoms with Gasteiger partial charge in [0.05, 0.1) is 22.1 Å². The van der Waals surface area contributed by atoms with Crippen LogP contribution in [0.1, 0.15) is 85.0 Å². The van der Waals surface area contributed by atoms with Crippen LogP contribution in [0.2, 0.25) is 0 Å². The number of allylic oxidation sites excluding steroid dienone is 4. The highest BCUT2D eigenvalue weighted by molar-refractivity contribution is 8.01. The molecule has 0 bridgehead atoms. The number of benzene rings is 1. The van der Waals surface area contributed by atoms with E-state index in [0.29, 0.717) is 30.4 Å². The minimum atomic E-state index is -0.492. The Bertz CT molecular complexity index is 1480. The number of nitrogens with one attached hydrogen (secondary N) is 1. The molecule has 0 aliphatic heterocycles. The number of aliphatic hydroxyl groups excluding tert-OH is 1. The maximum absolute atomic E-state index is 13.8. The summed E-state index contributed by atoms with van der Waals surface area (Å²) in [4.78, 5) is 42.9. The van der Waals surface area contributed by atoms with Crippen molar-refractivity contribution in [1.29, 1.82) is 0 Å². The normalized spacial score (nSPS) is 33.1. The standard InChI is InChI=1S/C35H44N2O4S2/c1-4-5-6-7-8-31(41)36-22-10-14-27-30(18-22)43-33(37-27)42-20-29(40)26-13-12-25-24-11-9-21-17-23(38)15-16-34(21,2)32(24)28(39)19-35(25,26)3/h10,14-18,24-26,28,32,39H,4-9,11-13,19-20H2,1-3H3,(H,36,41)/t24?,25?,26?,28-,32?,34?,35?/m0/s1. The first-order chi connectivity index (χ1) is 20.6. The molecule has 0 saturated heterocycles. The lowest BCUT2D eigenvalue weighted by molar-refractivity contribution is -0.137. The van der Waals surface area contributed by atoms with Crippen LogP contribution < -0.4 is 5.32 Å². The first-order valence-corrected chi connectivity index (χ1v) is 17.9. The second-order valence-corrected chi connectivity index (χ2v) is 16.0. The van der Waals surface area contributed by atoms with Crippen LogP contribution in [0.5, 0.6) is 0 Å². The van der Waals surface area contributed by atoms with E-state index < -0.39 is 6.10 Å². The van der Waals surface area contributed by atoms with Crippen molar-refractivity contribution in [3.05, 3.63) is 42.0 Å². The number of carbonyl (C=O) groups is 3. The van der Waals surface area contributed by atoms with E-state index in [1.165, 1.54) is 17.3 Å². The number of anilines is 1. The van der Waals surface area contributed by atoms with Crippen LogP contribution in [0, 0.1) is 34.5 Å². The lowest BCUT2D eigenvalue weighted by Crippen LogP contribution is -2.56. The number of aromatic nitrogens is 1. The van der Waals surface area contributed by atoms with Crippen molar-refractivity contribution in [3.8, 4) is 0 Å². The van der Waals surface area contributed by atoms with Crippen molar-refractivity contribution in [3.63, 3.8) is 0 Å². The van der Waals surface area contributed by atoms with E-state index in [9.17, 15) is 19.5 Å². The first-order valence-electron chi connectivity index (χ1n) is 16.1. The number of ketones is 2. The Labute approximate surface area is 263 Å². The molecule has 3 fully saturated rings. The third-order valence-corrected chi connectivity index (χ3v) is 13.3. The highest BCUT2D eigenvalue weighted by Gasteiger charge is 2.62. The third-order valence-electron chi connectivity index (χ3n) is 11.1. The van der Waals surface area contributed by atoms with Gasteiger partial charge in [-0.2, -0.15) is 0 Å². The van der Waals surface area contributed by atoms with Crippen LogP contribution >= 0.6 is 23.1 Å². The summed E-state index contributed by atoms with van der Waals surface area (Å²) in [5, 5.41) is 14.6. The van der Waals surface area contributed by atoms with Gasteiger partial charge in [-0.3, -0.25) is 14.4 Å². The second-order valence-electron chi connectivity index (χ2n) is 13.7. The first kappa shape index (κ1) is 30.7. The Morgan fingerprint density at radius 3 is 2.81 bits per heavy atom.